The Kier molecular flexibility index (Phi) is 6.47. The molecule has 0 spiro atoms. The quantitative estimate of drug-likeness (QED) is 0.209. The number of carbonyl (C=O) groups excluding carboxylic acids is 1. The summed E-state index contributed by atoms with van der Waals surface area (Å²) in [5.74, 6) is 1.38. The minimum Gasteiger partial charge on any atom is -0.365 e. The van der Waals surface area contributed by atoms with Gasteiger partial charge in [0.05, 0.1) is 26.6 Å². The Hall–Kier alpha value is -4.14. The second kappa shape index (κ2) is 10.0. The Morgan fingerprint density at radius 1 is 0.886 bits per heavy atom. The molecular formula is C25H19Cl2N7O. The SMILES string of the molecule is O=C(Nc1ccc(Cl)c(Cl)c1)Nc1ccc2nc(-c3cccnc3NCc3ccncc3)[nH]c2c1. The van der Waals surface area contributed by atoms with Gasteiger partial charge in [-0.2, -0.15) is 0 Å². The van der Waals surface area contributed by atoms with Crippen LogP contribution in [0.2, 0.25) is 10.0 Å². The predicted octanol–water partition coefficient (Wildman–Crippen LogP) is 6.58. The number of rotatable bonds is 6. The molecular weight excluding hydrogens is 485 g/mol. The zero-order valence-corrected chi connectivity index (χ0v) is 19.7. The molecule has 8 nitrogen and oxygen atoms in total. The van der Waals surface area contributed by atoms with Crippen molar-refractivity contribution in [3.63, 3.8) is 0 Å². The van der Waals surface area contributed by atoms with E-state index in [1.165, 1.54) is 0 Å². The van der Waals surface area contributed by atoms with Crippen LogP contribution in [-0.4, -0.2) is 26.0 Å². The summed E-state index contributed by atoms with van der Waals surface area (Å²) in [6, 6.07) is 17.6. The first-order valence-electron chi connectivity index (χ1n) is 10.7. The number of nitrogens with zero attached hydrogens (tertiary/aromatic N) is 3. The van der Waals surface area contributed by atoms with Crippen LogP contribution in [0.4, 0.5) is 22.0 Å². The highest BCUT2D eigenvalue weighted by atomic mass is 35.5. The molecule has 0 aliphatic carbocycles. The number of urea groups is 1. The third-order valence-electron chi connectivity index (χ3n) is 5.19. The number of nitrogens with one attached hydrogen (secondary N) is 4. The van der Waals surface area contributed by atoms with Crippen molar-refractivity contribution in [1.82, 2.24) is 19.9 Å². The van der Waals surface area contributed by atoms with Crippen LogP contribution in [0.3, 0.4) is 0 Å². The lowest BCUT2D eigenvalue weighted by Gasteiger charge is -2.09. The van der Waals surface area contributed by atoms with Crippen LogP contribution in [-0.2, 0) is 6.54 Å². The molecule has 10 heteroatoms. The molecule has 4 N–H and O–H groups in total. The smallest absolute Gasteiger partial charge is 0.323 e. The summed E-state index contributed by atoms with van der Waals surface area (Å²) in [6.07, 6.45) is 5.24. The fourth-order valence-electron chi connectivity index (χ4n) is 3.51. The van der Waals surface area contributed by atoms with Gasteiger partial charge in [0.15, 0.2) is 0 Å². The van der Waals surface area contributed by atoms with Crippen LogP contribution < -0.4 is 16.0 Å². The molecule has 5 aromatic rings. The van der Waals surface area contributed by atoms with E-state index < -0.39 is 6.03 Å². The van der Waals surface area contributed by atoms with Gasteiger partial charge in [0.1, 0.15) is 11.6 Å². The third kappa shape index (κ3) is 5.34. The second-order valence-corrected chi connectivity index (χ2v) is 8.45. The second-order valence-electron chi connectivity index (χ2n) is 7.63. The number of halogens is 2. The molecule has 0 fully saturated rings. The molecule has 0 unspecified atom stereocenters. The van der Waals surface area contributed by atoms with Gasteiger partial charge in [0.2, 0.25) is 0 Å². The molecule has 0 saturated carbocycles. The number of H-pyrrole nitrogens is 1. The van der Waals surface area contributed by atoms with Gasteiger partial charge in [-0.15, -0.1) is 0 Å². The number of imidazole rings is 1. The van der Waals surface area contributed by atoms with Crippen molar-refractivity contribution in [2.75, 3.05) is 16.0 Å². The average Bonchev–Trinajstić information content (AvgIpc) is 3.29. The molecule has 3 aromatic heterocycles. The lowest BCUT2D eigenvalue weighted by molar-refractivity contribution is 0.262. The predicted molar refractivity (Wildman–Crippen MR) is 140 cm³/mol. The summed E-state index contributed by atoms with van der Waals surface area (Å²) in [5, 5.41) is 9.68. The largest absolute Gasteiger partial charge is 0.365 e. The Morgan fingerprint density at radius 3 is 2.46 bits per heavy atom. The molecule has 0 aliphatic rings. The van der Waals surface area contributed by atoms with E-state index in [-0.39, 0.29) is 0 Å². The fraction of sp³-hybridized carbons (Fsp3) is 0.0400. The molecule has 174 valence electrons. The number of aromatic nitrogens is 4. The number of pyridine rings is 2. The lowest BCUT2D eigenvalue weighted by atomic mass is 10.2. The maximum Gasteiger partial charge on any atom is 0.323 e. The van der Waals surface area contributed by atoms with Gasteiger partial charge >= 0.3 is 6.03 Å². The van der Waals surface area contributed by atoms with Crippen molar-refractivity contribution >= 4 is 57.5 Å². The van der Waals surface area contributed by atoms with E-state index in [0.717, 1.165) is 22.2 Å². The van der Waals surface area contributed by atoms with E-state index >= 15 is 0 Å². The van der Waals surface area contributed by atoms with Gasteiger partial charge in [0, 0.05) is 36.5 Å². The molecule has 0 saturated heterocycles. The highest BCUT2D eigenvalue weighted by Gasteiger charge is 2.12. The number of fused-ring (bicyclic) bond motifs is 1. The number of hydrogen-bond donors (Lipinski definition) is 4. The van der Waals surface area contributed by atoms with E-state index in [4.69, 9.17) is 28.2 Å². The molecule has 0 radical (unpaired) electrons. The molecule has 0 bridgehead atoms. The van der Waals surface area contributed by atoms with Crippen LogP contribution in [0.25, 0.3) is 22.4 Å². The van der Waals surface area contributed by atoms with E-state index in [1.807, 2.05) is 36.4 Å². The zero-order valence-electron chi connectivity index (χ0n) is 18.2. The fourth-order valence-corrected chi connectivity index (χ4v) is 3.80. The van der Waals surface area contributed by atoms with Gasteiger partial charge in [-0.05, 0) is 66.2 Å². The molecule has 0 atom stereocenters. The van der Waals surface area contributed by atoms with Crippen molar-refractivity contribution in [3.05, 3.63) is 94.9 Å². The molecule has 0 aliphatic heterocycles. The van der Waals surface area contributed by atoms with E-state index in [9.17, 15) is 4.79 Å². The van der Waals surface area contributed by atoms with Crippen LogP contribution in [0, 0.1) is 0 Å². The van der Waals surface area contributed by atoms with Gasteiger partial charge in [-0.25, -0.2) is 14.8 Å². The summed E-state index contributed by atoms with van der Waals surface area (Å²) < 4.78 is 0. The molecule has 35 heavy (non-hydrogen) atoms. The Labute approximate surface area is 210 Å². The number of carbonyl (C=O) groups is 1. The minimum absolute atomic E-state index is 0.362. The highest BCUT2D eigenvalue weighted by molar-refractivity contribution is 6.42. The number of aromatic amines is 1. The zero-order chi connectivity index (χ0) is 24.2. The third-order valence-corrected chi connectivity index (χ3v) is 5.93. The summed E-state index contributed by atoms with van der Waals surface area (Å²) in [5.41, 5.74) is 4.61. The summed E-state index contributed by atoms with van der Waals surface area (Å²) in [6.45, 7) is 0.606. The van der Waals surface area contributed by atoms with Crippen molar-refractivity contribution in [2.45, 2.75) is 6.54 Å². The topological polar surface area (TPSA) is 108 Å². The molecule has 2 aromatic carbocycles. The van der Waals surface area contributed by atoms with E-state index in [0.29, 0.717) is 39.6 Å². The van der Waals surface area contributed by atoms with E-state index in [1.54, 1.807) is 42.9 Å². The van der Waals surface area contributed by atoms with Crippen molar-refractivity contribution in [3.8, 4) is 11.4 Å². The molecule has 3 heterocycles. The van der Waals surface area contributed by atoms with E-state index in [2.05, 4.69) is 30.9 Å². The lowest BCUT2D eigenvalue weighted by Crippen LogP contribution is -2.19. The Morgan fingerprint density at radius 2 is 1.66 bits per heavy atom. The van der Waals surface area contributed by atoms with Gasteiger partial charge in [0.25, 0.3) is 0 Å². The maximum atomic E-state index is 12.4. The maximum absolute atomic E-state index is 12.4. The standard InChI is InChI=1S/C25H19Cl2N7O/c26-19-5-3-16(12-20(19)27)31-25(35)32-17-4-6-21-22(13-17)34-24(33-21)18-2-1-9-29-23(18)30-14-15-7-10-28-11-8-15/h1-13H,14H2,(H,29,30)(H,33,34)(H2,31,32,35). The minimum atomic E-state index is -0.405. The van der Waals surface area contributed by atoms with Crippen molar-refractivity contribution < 1.29 is 4.79 Å². The first-order chi connectivity index (χ1) is 17.0. The number of anilines is 3. The monoisotopic (exact) mass is 503 g/mol. The summed E-state index contributed by atoms with van der Waals surface area (Å²) in [7, 11) is 0. The van der Waals surface area contributed by atoms with Crippen molar-refractivity contribution in [2.24, 2.45) is 0 Å². The van der Waals surface area contributed by atoms with Crippen LogP contribution >= 0.6 is 23.2 Å². The highest BCUT2D eigenvalue weighted by Crippen LogP contribution is 2.28. The first-order valence-corrected chi connectivity index (χ1v) is 11.4. The number of amides is 2. The van der Waals surface area contributed by atoms with Crippen LogP contribution in [0.1, 0.15) is 5.56 Å². The van der Waals surface area contributed by atoms with Crippen molar-refractivity contribution in [1.29, 1.82) is 0 Å². The molecule has 2 amide bonds. The summed E-state index contributed by atoms with van der Waals surface area (Å²) in [4.78, 5) is 29.0. The Bertz CT molecular complexity index is 1500. The van der Waals surface area contributed by atoms with Crippen LogP contribution in [0.5, 0.6) is 0 Å². The Balaban J connectivity index is 1.33. The van der Waals surface area contributed by atoms with Gasteiger partial charge in [-0.1, -0.05) is 23.2 Å². The number of benzene rings is 2. The van der Waals surface area contributed by atoms with Gasteiger partial charge in [-0.3, -0.25) is 4.98 Å². The average molecular weight is 504 g/mol. The van der Waals surface area contributed by atoms with Crippen LogP contribution in [0.15, 0.2) is 79.3 Å². The number of hydrogen-bond acceptors (Lipinski definition) is 5. The normalized spacial score (nSPS) is 10.8. The molecule has 5 rings (SSSR count). The van der Waals surface area contributed by atoms with Gasteiger partial charge < -0.3 is 20.9 Å². The first kappa shape index (κ1) is 22.6. The summed E-state index contributed by atoms with van der Waals surface area (Å²) >= 11 is 11.9.